The first-order valence-corrected chi connectivity index (χ1v) is 10.9. The van der Waals surface area contributed by atoms with Gasteiger partial charge in [0.15, 0.2) is 9.84 Å². The quantitative estimate of drug-likeness (QED) is 0.768. The Bertz CT molecular complexity index is 1140. The smallest absolute Gasteiger partial charge is 0.336 e. The summed E-state index contributed by atoms with van der Waals surface area (Å²) in [7, 11) is -3.51. The van der Waals surface area contributed by atoms with E-state index in [1.54, 1.807) is 58.2 Å². The number of nitrogens with zero attached hydrogens (tertiary/aromatic N) is 2. The number of amidine groups is 1. The number of carbonyl (C=O) groups is 1. The van der Waals surface area contributed by atoms with E-state index in [1.165, 1.54) is 0 Å². The number of fused-ring (bicyclic) bond motifs is 1. The number of hydrogen-bond acceptors (Lipinski definition) is 7. The van der Waals surface area contributed by atoms with Gasteiger partial charge in [-0.15, -0.1) is 0 Å². The van der Waals surface area contributed by atoms with Crippen LogP contribution in [-0.4, -0.2) is 43.1 Å². The predicted molar refractivity (Wildman–Crippen MR) is 114 cm³/mol. The van der Waals surface area contributed by atoms with Crippen molar-refractivity contribution in [2.45, 2.75) is 44.3 Å². The maximum Gasteiger partial charge on any atom is 0.336 e. The van der Waals surface area contributed by atoms with Gasteiger partial charge < -0.3 is 10.1 Å². The highest BCUT2D eigenvalue weighted by Gasteiger charge is 2.31. The highest BCUT2D eigenvalue weighted by atomic mass is 32.2. The van der Waals surface area contributed by atoms with Gasteiger partial charge in [0.1, 0.15) is 5.84 Å². The van der Waals surface area contributed by atoms with E-state index in [4.69, 9.17) is 4.74 Å². The van der Waals surface area contributed by atoms with Crippen molar-refractivity contribution >= 4 is 38.2 Å². The molecule has 0 fully saturated rings. The fourth-order valence-electron chi connectivity index (χ4n) is 2.99. The average molecular weight is 416 g/mol. The highest BCUT2D eigenvalue weighted by Crippen LogP contribution is 2.30. The topological polar surface area (TPSA) is 97.7 Å². The van der Waals surface area contributed by atoms with Crippen LogP contribution in [0, 0.1) is 0 Å². The minimum absolute atomic E-state index is 0.237. The minimum Gasteiger partial charge on any atom is -0.463 e. The molecule has 0 radical (unpaired) electrons. The first-order valence-electron chi connectivity index (χ1n) is 9.38. The fraction of sp³-hybridized carbons (Fsp3) is 0.381. The van der Waals surface area contributed by atoms with Gasteiger partial charge in [0, 0.05) is 17.2 Å². The van der Waals surface area contributed by atoms with Crippen molar-refractivity contribution in [2.24, 2.45) is 4.99 Å². The molecule has 1 aromatic carbocycles. The van der Waals surface area contributed by atoms with Gasteiger partial charge in [-0.2, -0.15) is 0 Å². The second-order valence-electron chi connectivity index (χ2n) is 7.77. The molecule has 7 nitrogen and oxygen atoms in total. The molecule has 0 saturated carbocycles. The molecule has 0 bridgehead atoms. The summed E-state index contributed by atoms with van der Waals surface area (Å²) in [6.07, 6.45) is 1.64. The van der Waals surface area contributed by atoms with Gasteiger partial charge in [-0.1, -0.05) is 0 Å². The molecule has 2 aromatic rings. The summed E-state index contributed by atoms with van der Waals surface area (Å²) in [6.45, 7) is 9.14. The molecule has 3 rings (SSSR count). The number of anilines is 1. The van der Waals surface area contributed by atoms with E-state index in [9.17, 15) is 13.2 Å². The molecule has 2 heterocycles. The number of nitrogens with one attached hydrogen (secondary N) is 1. The van der Waals surface area contributed by atoms with Gasteiger partial charge in [0.2, 0.25) is 0 Å². The van der Waals surface area contributed by atoms with Crippen LogP contribution in [0.2, 0.25) is 0 Å². The zero-order chi connectivity index (χ0) is 21.4. The van der Waals surface area contributed by atoms with Crippen LogP contribution in [0.5, 0.6) is 0 Å². The van der Waals surface area contributed by atoms with Crippen LogP contribution in [0.1, 0.15) is 34.6 Å². The number of hydrogen-bond donors (Lipinski definition) is 1. The Morgan fingerprint density at radius 1 is 1.24 bits per heavy atom. The molecule has 1 N–H and O–H groups in total. The number of pyridine rings is 1. The molecule has 0 amide bonds. The van der Waals surface area contributed by atoms with E-state index in [1.807, 2.05) is 6.92 Å². The van der Waals surface area contributed by atoms with Crippen molar-refractivity contribution in [1.82, 2.24) is 4.98 Å². The molecule has 8 heteroatoms. The van der Waals surface area contributed by atoms with Crippen LogP contribution in [-0.2, 0) is 19.4 Å². The average Bonchev–Trinajstić information content (AvgIpc) is 3.01. The summed E-state index contributed by atoms with van der Waals surface area (Å²) >= 11 is 0. The Hall–Kier alpha value is -2.74. The van der Waals surface area contributed by atoms with Crippen molar-refractivity contribution in [3.05, 3.63) is 41.6 Å². The van der Waals surface area contributed by atoms with Crippen molar-refractivity contribution in [1.29, 1.82) is 0 Å². The molecule has 0 atom stereocenters. The fourth-order valence-corrected chi connectivity index (χ4v) is 4.22. The molecular weight excluding hydrogens is 390 g/mol. The van der Waals surface area contributed by atoms with Crippen LogP contribution in [0.3, 0.4) is 0 Å². The van der Waals surface area contributed by atoms with E-state index in [0.717, 1.165) is 0 Å². The Kier molecular flexibility index (Phi) is 5.49. The number of sulfone groups is 1. The number of rotatable bonds is 4. The van der Waals surface area contributed by atoms with Crippen LogP contribution in [0.15, 0.2) is 51.5 Å². The van der Waals surface area contributed by atoms with Crippen molar-refractivity contribution in [2.75, 3.05) is 18.5 Å². The summed E-state index contributed by atoms with van der Waals surface area (Å²) < 4.78 is 29.9. The predicted octanol–water partition coefficient (Wildman–Crippen LogP) is 3.51. The van der Waals surface area contributed by atoms with E-state index >= 15 is 0 Å². The molecule has 0 unspecified atom stereocenters. The summed E-state index contributed by atoms with van der Waals surface area (Å²) in [5.41, 5.74) is 2.56. The van der Waals surface area contributed by atoms with Gasteiger partial charge in [0.05, 0.1) is 39.6 Å². The lowest BCUT2D eigenvalue weighted by Crippen LogP contribution is -2.27. The highest BCUT2D eigenvalue weighted by molar-refractivity contribution is 7.92. The molecular formula is C21H25N3O4S. The van der Waals surface area contributed by atoms with Crippen molar-refractivity contribution < 1.29 is 17.9 Å². The molecule has 0 aliphatic carbocycles. The van der Waals surface area contributed by atoms with Crippen LogP contribution >= 0.6 is 0 Å². The van der Waals surface area contributed by atoms with Gasteiger partial charge in [-0.25, -0.2) is 13.2 Å². The van der Waals surface area contributed by atoms with Crippen LogP contribution in [0.4, 0.5) is 5.69 Å². The SMILES string of the molecule is CCOC(=O)C1=C(C)C(Nc2ccnc3ccc(S(=O)(=O)C(C)(C)C)cc23)=NC1. The van der Waals surface area contributed by atoms with E-state index in [0.29, 0.717) is 40.2 Å². The Morgan fingerprint density at radius 3 is 2.62 bits per heavy atom. The van der Waals surface area contributed by atoms with E-state index in [2.05, 4.69) is 15.3 Å². The number of carbonyl (C=O) groups excluding carboxylic acids is 1. The first kappa shape index (κ1) is 21.0. The minimum atomic E-state index is -3.51. The molecule has 1 aliphatic heterocycles. The van der Waals surface area contributed by atoms with E-state index < -0.39 is 14.6 Å². The number of aliphatic imine (C=N–C) groups is 1. The van der Waals surface area contributed by atoms with Gasteiger partial charge in [-0.3, -0.25) is 9.98 Å². The lowest BCUT2D eigenvalue weighted by Gasteiger charge is -2.20. The maximum atomic E-state index is 12.9. The third-order valence-corrected chi connectivity index (χ3v) is 7.29. The van der Waals surface area contributed by atoms with Crippen LogP contribution in [0.25, 0.3) is 10.9 Å². The lowest BCUT2D eigenvalue weighted by atomic mass is 10.1. The summed E-state index contributed by atoms with van der Waals surface area (Å²) in [5, 5.41) is 3.89. The largest absolute Gasteiger partial charge is 0.463 e. The molecule has 0 saturated heterocycles. The van der Waals surface area contributed by atoms with Crippen molar-refractivity contribution in [3.63, 3.8) is 0 Å². The molecule has 29 heavy (non-hydrogen) atoms. The first-order chi connectivity index (χ1) is 13.6. The van der Waals surface area contributed by atoms with Crippen LogP contribution < -0.4 is 5.32 Å². The number of benzene rings is 1. The van der Waals surface area contributed by atoms with Gasteiger partial charge in [-0.05, 0) is 58.9 Å². The zero-order valence-electron chi connectivity index (χ0n) is 17.2. The molecule has 154 valence electrons. The Morgan fingerprint density at radius 2 is 1.97 bits per heavy atom. The summed E-state index contributed by atoms with van der Waals surface area (Å²) in [4.78, 5) is 21.0. The summed E-state index contributed by atoms with van der Waals surface area (Å²) in [6, 6.07) is 6.67. The summed E-state index contributed by atoms with van der Waals surface area (Å²) in [5.74, 6) is 0.188. The third kappa shape index (κ3) is 3.89. The van der Waals surface area contributed by atoms with E-state index in [-0.39, 0.29) is 17.4 Å². The molecule has 1 aliphatic rings. The van der Waals surface area contributed by atoms with Gasteiger partial charge >= 0.3 is 5.97 Å². The molecule has 1 aromatic heterocycles. The normalized spacial score (nSPS) is 14.9. The number of ether oxygens (including phenoxy) is 1. The van der Waals surface area contributed by atoms with Crippen molar-refractivity contribution in [3.8, 4) is 0 Å². The number of aromatic nitrogens is 1. The second-order valence-corrected chi connectivity index (χ2v) is 10.5. The maximum absolute atomic E-state index is 12.9. The standard InChI is InChI=1S/C21H25N3O4S/c1-6-28-20(25)16-12-23-19(13(16)2)24-18-9-10-22-17-8-7-14(11-15(17)18)29(26,27)21(3,4)5/h7-11H,6,12H2,1-5H3,(H,22,23,24). The zero-order valence-corrected chi connectivity index (χ0v) is 18.1. The number of esters is 1. The molecule has 0 spiro atoms. The third-order valence-electron chi connectivity index (χ3n) is 4.81. The Balaban J connectivity index is 2.01. The Labute approximate surface area is 170 Å². The second kappa shape index (κ2) is 7.59. The monoisotopic (exact) mass is 415 g/mol. The lowest BCUT2D eigenvalue weighted by molar-refractivity contribution is -0.138. The van der Waals surface area contributed by atoms with Gasteiger partial charge in [0.25, 0.3) is 0 Å².